The van der Waals surface area contributed by atoms with Gasteiger partial charge in [-0.15, -0.1) is 13.2 Å². The lowest BCUT2D eigenvalue weighted by Crippen LogP contribution is -2.45. The molecule has 3 heterocycles. The summed E-state index contributed by atoms with van der Waals surface area (Å²) < 4.78 is 58.9. The Bertz CT molecular complexity index is 1280. The van der Waals surface area contributed by atoms with Crippen molar-refractivity contribution in [3.63, 3.8) is 0 Å². The Morgan fingerprint density at radius 3 is 2.58 bits per heavy atom. The highest BCUT2D eigenvalue weighted by Gasteiger charge is 2.40. The molecule has 1 aromatic carbocycles. The van der Waals surface area contributed by atoms with Crippen LogP contribution in [0.5, 0.6) is 5.75 Å². The summed E-state index contributed by atoms with van der Waals surface area (Å²) in [7, 11) is 0. The molecule has 2 aromatic heterocycles. The number of hydrogen-bond acceptors (Lipinski definition) is 10. The van der Waals surface area contributed by atoms with E-state index in [1.807, 2.05) is 27.7 Å². The van der Waals surface area contributed by atoms with E-state index in [1.54, 1.807) is 13.0 Å². The van der Waals surface area contributed by atoms with E-state index in [2.05, 4.69) is 30.2 Å². The molecule has 1 fully saturated rings. The summed E-state index contributed by atoms with van der Waals surface area (Å²) in [6, 6.07) is 6.00. The first-order valence-electron chi connectivity index (χ1n) is 11.7. The predicted molar refractivity (Wildman–Crippen MR) is 128 cm³/mol. The molecule has 1 amide bonds. The van der Waals surface area contributed by atoms with Gasteiger partial charge in [0.25, 0.3) is 0 Å². The third-order valence-corrected chi connectivity index (χ3v) is 5.39. The number of alkyl halides is 3. The second-order valence-corrected chi connectivity index (χ2v) is 9.55. The van der Waals surface area contributed by atoms with Gasteiger partial charge in [0.05, 0.1) is 17.3 Å². The van der Waals surface area contributed by atoms with Crippen LogP contribution < -0.4 is 15.0 Å². The van der Waals surface area contributed by atoms with Gasteiger partial charge >= 0.3 is 12.5 Å². The molecule has 204 valence electrons. The van der Waals surface area contributed by atoms with Crippen molar-refractivity contribution in [2.45, 2.75) is 64.8 Å². The predicted octanol–water partition coefficient (Wildman–Crippen LogP) is 5.13. The van der Waals surface area contributed by atoms with Crippen LogP contribution >= 0.6 is 0 Å². The number of cyclic esters (lactones) is 1. The van der Waals surface area contributed by atoms with Gasteiger partial charge in [-0.2, -0.15) is 9.97 Å². The molecule has 14 heteroatoms. The Morgan fingerprint density at radius 2 is 1.87 bits per heavy atom. The fraction of sp³-hybridized carbons (Fsp3) is 0.458. The molecule has 0 bridgehead atoms. The maximum atomic E-state index is 12.8. The van der Waals surface area contributed by atoms with E-state index >= 15 is 0 Å². The SMILES string of the molecule is C[C@H](Nc1nccc(N2C(=O)OC[C@@H]2[C@@H](C)OC(C)(C)C)n1)c1nc(-c2ccccc2OC(F)(F)F)no1. The average molecular weight is 537 g/mol. The van der Waals surface area contributed by atoms with Crippen LogP contribution in [0.25, 0.3) is 11.4 Å². The molecule has 3 atom stereocenters. The zero-order valence-electron chi connectivity index (χ0n) is 21.3. The smallest absolute Gasteiger partial charge is 0.447 e. The van der Waals surface area contributed by atoms with Crippen LogP contribution in [0.2, 0.25) is 0 Å². The van der Waals surface area contributed by atoms with Gasteiger partial charge in [-0.25, -0.2) is 9.78 Å². The van der Waals surface area contributed by atoms with Crippen molar-refractivity contribution in [2.24, 2.45) is 0 Å². The number of aromatic nitrogens is 4. The van der Waals surface area contributed by atoms with Gasteiger partial charge < -0.3 is 24.1 Å². The molecule has 11 nitrogen and oxygen atoms in total. The van der Waals surface area contributed by atoms with Crippen LogP contribution in [-0.4, -0.2) is 56.9 Å². The number of hydrogen-bond donors (Lipinski definition) is 1. The molecule has 0 radical (unpaired) electrons. The zero-order valence-corrected chi connectivity index (χ0v) is 21.3. The average Bonchev–Trinajstić information content (AvgIpc) is 3.45. The normalized spacial score (nSPS) is 17.7. The van der Waals surface area contributed by atoms with Crippen molar-refractivity contribution >= 4 is 17.9 Å². The van der Waals surface area contributed by atoms with E-state index in [0.29, 0.717) is 5.82 Å². The molecule has 0 unspecified atom stereocenters. The van der Waals surface area contributed by atoms with E-state index in [1.165, 1.54) is 29.3 Å². The first-order valence-corrected chi connectivity index (χ1v) is 11.7. The highest BCUT2D eigenvalue weighted by Crippen LogP contribution is 2.33. The Labute approximate surface area is 216 Å². The van der Waals surface area contributed by atoms with E-state index in [-0.39, 0.29) is 35.9 Å². The number of nitrogens with one attached hydrogen (secondary N) is 1. The lowest BCUT2D eigenvalue weighted by molar-refractivity contribution is -0.274. The van der Waals surface area contributed by atoms with Crippen LogP contribution in [0.4, 0.5) is 29.7 Å². The highest BCUT2D eigenvalue weighted by atomic mass is 19.4. The first-order chi connectivity index (χ1) is 17.8. The molecule has 1 aliphatic heterocycles. The summed E-state index contributed by atoms with van der Waals surface area (Å²) in [5.41, 5.74) is -0.414. The van der Waals surface area contributed by atoms with Gasteiger partial charge in [0.1, 0.15) is 30.3 Å². The van der Waals surface area contributed by atoms with Crippen molar-refractivity contribution in [1.29, 1.82) is 0 Å². The molecule has 0 aliphatic carbocycles. The van der Waals surface area contributed by atoms with Gasteiger partial charge in [-0.05, 0) is 52.8 Å². The van der Waals surface area contributed by atoms with Crippen molar-refractivity contribution < 1.29 is 36.7 Å². The minimum atomic E-state index is -4.88. The maximum Gasteiger partial charge on any atom is 0.573 e. The summed E-state index contributed by atoms with van der Waals surface area (Å²) in [6.45, 7) is 9.44. The lowest BCUT2D eigenvalue weighted by Gasteiger charge is -2.31. The number of carbonyl (C=O) groups is 1. The fourth-order valence-electron chi connectivity index (χ4n) is 3.88. The van der Waals surface area contributed by atoms with Gasteiger partial charge in [-0.1, -0.05) is 17.3 Å². The molecule has 4 rings (SSSR count). The third kappa shape index (κ3) is 6.49. The van der Waals surface area contributed by atoms with Crippen LogP contribution in [-0.2, 0) is 9.47 Å². The molecule has 1 N–H and O–H groups in total. The Hall–Kier alpha value is -3.94. The van der Waals surface area contributed by atoms with E-state index in [0.717, 1.165) is 6.07 Å². The van der Waals surface area contributed by atoms with Gasteiger partial charge in [0.15, 0.2) is 0 Å². The number of para-hydroxylation sites is 1. The second kappa shape index (κ2) is 10.4. The van der Waals surface area contributed by atoms with E-state index in [4.69, 9.17) is 14.0 Å². The maximum absolute atomic E-state index is 12.8. The zero-order chi connectivity index (χ0) is 27.7. The molecular formula is C24H27F3N6O5. The largest absolute Gasteiger partial charge is 0.573 e. The quantitative estimate of drug-likeness (QED) is 0.414. The number of ether oxygens (including phenoxy) is 3. The van der Waals surface area contributed by atoms with Crippen molar-refractivity contribution in [1.82, 2.24) is 20.1 Å². The molecule has 38 heavy (non-hydrogen) atoms. The summed E-state index contributed by atoms with van der Waals surface area (Å²) in [5.74, 6) is -0.0183. The van der Waals surface area contributed by atoms with Crippen molar-refractivity contribution in [3.8, 4) is 17.1 Å². The third-order valence-electron chi connectivity index (χ3n) is 5.39. The number of anilines is 2. The summed E-state index contributed by atoms with van der Waals surface area (Å²) in [5, 5.41) is 6.79. The molecular weight excluding hydrogens is 509 g/mol. The number of amides is 1. The number of rotatable bonds is 8. The van der Waals surface area contributed by atoms with Crippen LogP contribution in [0.3, 0.4) is 0 Å². The van der Waals surface area contributed by atoms with E-state index in [9.17, 15) is 18.0 Å². The molecule has 0 spiro atoms. The molecule has 0 saturated carbocycles. The van der Waals surface area contributed by atoms with Crippen LogP contribution in [0.1, 0.15) is 46.6 Å². The number of nitrogens with zero attached hydrogens (tertiary/aromatic N) is 5. The number of benzene rings is 1. The summed E-state index contributed by atoms with van der Waals surface area (Å²) >= 11 is 0. The summed E-state index contributed by atoms with van der Waals surface area (Å²) in [4.78, 5) is 26.7. The standard InChI is InChI=1S/C24H27F3N6O5/c1-13(20-31-19(32-38-20)15-8-6-7-9-17(15)37-24(25,26)27)29-21-28-11-10-18(30-21)33-16(12-35-22(33)34)14(2)36-23(3,4)5/h6-11,13-14,16H,12H2,1-5H3,(H,28,29,30)/t13-,14+,16+/m0/s1. The second-order valence-electron chi connectivity index (χ2n) is 9.55. The van der Waals surface area contributed by atoms with Crippen molar-refractivity contribution in [2.75, 3.05) is 16.8 Å². The molecule has 1 aliphatic rings. The minimum absolute atomic E-state index is 0.00968. The Morgan fingerprint density at radius 1 is 1.13 bits per heavy atom. The Balaban J connectivity index is 1.50. The van der Waals surface area contributed by atoms with Crippen LogP contribution in [0, 0.1) is 0 Å². The minimum Gasteiger partial charge on any atom is -0.447 e. The molecule has 3 aromatic rings. The highest BCUT2D eigenvalue weighted by molar-refractivity contribution is 5.89. The lowest BCUT2D eigenvalue weighted by atomic mass is 10.1. The summed E-state index contributed by atoms with van der Waals surface area (Å²) in [6.07, 6.45) is -4.30. The number of carbonyl (C=O) groups excluding carboxylic acids is 1. The van der Waals surface area contributed by atoms with Crippen molar-refractivity contribution in [3.05, 3.63) is 42.4 Å². The first kappa shape index (κ1) is 27.1. The fourth-order valence-corrected chi connectivity index (χ4v) is 3.88. The monoisotopic (exact) mass is 536 g/mol. The van der Waals surface area contributed by atoms with Crippen LogP contribution in [0.15, 0.2) is 41.1 Å². The number of halogens is 3. The van der Waals surface area contributed by atoms with Gasteiger partial charge in [-0.3, -0.25) is 4.90 Å². The molecule has 1 saturated heterocycles. The topological polar surface area (TPSA) is 125 Å². The van der Waals surface area contributed by atoms with E-state index < -0.39 is 35.9 Å². The van der Waals surface area contributed by atoms with Gasteiger partial charge in [0, 0.05) is 6.20 Å². The van der Waals surface area contributed by atoms with Gasteiger partial charge in [0.2, 0.25) is 17.7 Å². The Kier molecular flexibility index (Phi) is 7.44.